The van der Waals surface area contributed by atoms with Gasteiger partial charge in [0.15, 0.2) is 0 Å². The van der Waals surface area contributed by atoms with E-state index in [4.69, 9.17) is 4.74 Å². The molecule has 0 N–H and O–H groups in total. The fourth-order valence-electron chi connectivity index (χ4n) is 2.00. The molecule has 0 bridgehead atoms. The molecule has 0 atom stereocenters. The average Bonchev–Trinajstić information content (AvgIpc) is 2.64. The Hall–Kier alpha value is -1.14. The van der Waals surface area contributed by atoms with Gasteiger partial charge in [-0.3, -0.25) is 4.79 Å². The van der Waals surface area contributed by atoms with Crippen molar-refractivity contribution in [1.82, 2.24) is 0 Å². The van der Waals surface area contributed by atoms with Crippen LogP contribution in [0.2, 0.25) is 0 Å². The molecule has 0 aromatic rings. The SMILES string of the molecule is CCCCCCCCCCCC(=O)OCCOOOOOOOCC=O. The Morgan fingerprint density at radius 2 is 1.31 bits per heavy atom. The van der Waals surface area contributed by atoms with E-state index in [0.29, 0.717) is 12.7 Å². The predicted molar refractivity (Wildman–Crippen MR) is 86.2 cm³/mol. The van der Waals surface area contributed by atoms with Gasteiger partial charge in [0.05, 0.1) is 0 Å². The third-order valence-electron chi connectivity index (χ3n) is 3.26. The summed E-state index contributed by atoms with van der Waals surface area (Å²) in [6.07, 6.45) is 11.5. The summed E-state index contributed by atoms with van der Waals surface area (Å²) in [6.45, 7) is 1.82. The number of carbonyl (C=O) groups excluding carboxylic acids is 2. The zero-order valence-electron chi connectivity index (χ0n) is 15.4. The van der Waals surface area contributed by atoms with E-state index in [1.807, 2.05) is 0 Å². The van der Waals surface area contributed by atoms with Crippen LogP contribution in [0.5, 0.6) is 0 Å². The molecule has 10 nitrogen and oxygen atoms in total. The Morgan fingerprint density at radius 3 is 1.96 bits per heavy atom. The van der Waals surface area contributed by atoms with Gasteiger partial charge in [-0.15, -0.1) is 0 Å². The Morgan fingerprint density at radius 1 is 0.731 bits per heavy atom. The standard InChI is InChI=1S/C16H30O10/c1-2-3-4-5-6-7-8-9-10-11-16(18)19-14-15-21-23-25-26-24-22-20-13-12-17/h12H,2-11,13-15H2,1H3. The van der Waals surface area contributed by atoms with Crippen LogP contribution >= 0.6 is 0 Å². The molecule has 10 heteroatoms. The quantitative estimate of drug-likeness (QED) is 0.0964. The van der Waals surface area contributed by atoms with E-state index in [2.05, 4.69) is 41.9 Å². The van der Waals surface area contributed by atoms with E-state index in [-0.39, 0.29) is 25.8 Å². The average molecular weight is 382 g/mol. The second-order valence-electron chi connectivity index (χ2n) is 5.41. The molecule has 0 spiro atoms. The van der Waals surface area contributed by atoms with Gasteiger partial charge in [-0.05, 0) is 31.6 Å². The van der Waals surface area contributed by atoms with E-state index in [9.17, 15) is 9.59 Å². The van der Waals surface area contributed by atoms with Crippen LogP contribution in [-0.4, -0.2) is 32.1 Å². The van der Waals surface area contributed by atoms with Gasteiger partial charge in [-0.2, -0.15) is 4.89 Å². The predicted octanol–water partition coefficient (Wildman–Crippen LogP) is 3.26. The number of hydrogen-bond donors (Lipinski definition) is 0. The topological polar surface area (TPSA) is 108 Å². The number of unbranched alkanes of at least 4 members (excludes halogenated alkanes) is 8. The molecule has 0 rings (SSSR count). The highest BCUT2D eigenvalue weighted by molar-refractivity contribution is 5.69. The van der Waals surface area contributed by atoms with Crippen LogP contribution in [0.15, 0.2) is 0 Å². The fourth-order valence-corrected chi connectivity index (χ4v) is 2.00. The van der Waals surface area contributed by atoms with E-state index < -0.39 is 0 Å². The summed E-state index contributed by atoms with van der Waals surface area (Å²) in [7, 11) is 0. The zero-order chi connectivity index (χ0) is 19.1. The number of hydrogen-bond acceptors (Lipinski definition) is 10. The third kappa shape index (κ3) is 20.9. The van der Waals surface area contributed by atoms with Gasteiger partial charge in [0.2, 0.25) is 0 Å². The zero-order valence-corrected chi connectivity index (χ0v) is 15.4. The molecule has 0 aromatic heterocycles. The lowest BCUT2D eigenvalue weighted by molar-refractivity contribution is -0.789. The Balaban J connectivity index is 3.14. The van der Waals surface area contributed by atoms with Crippen molar-refractivity contribution in [2.45, 2.75) is 71.1 Å². The summed E-state index contributed by atoms with van der Waals surface area (Å²) in [5.74, 6) is -0.280. The second-order valence-corrected chi connectivity index (χ2v) is 5.41. The van der Waals surface area contributed by atoms with Gasteiger partial charge < -0.3 is 9.53 Å². The molecular weight excluding hydrogens is 352 g/mol. The first-order chi connectivity index (χ1) is 12.8. The van der Waals surface area contributed by atoms with Gasteiger partial charge >= 0.3 is 5.97 Å². The molecule has 0 saturated heterocycles. The van der Waals surface area contributed by atoms with Crippen molar-refractivity contribution in [1.29, 1.82) is 0 Å². The van der Waals surface area contributed by atoms with E-state index >= 15 is 0 Å². The molecule has 0 aromatic carbocycles. The molecule has 0 unspecified atom stereocenters. The van der Waals surface area contributed by atoms with E-state index in [0.717, 1.165) is 19.3 Å². The number of ether oxygens (including phenoxy) is 1. The summed E-state index contributed by atoms with van der Waals surface area (Å²) in [5, 5.41) is 19.3. The number of esters is 1. The fraction of sp³-hybridized carbons (Fsp3) is 0.875. The number of aldehydes is 1. The van der Waals surface area contributed by atoms with Gasteiger partial charge in [-0.1, -0.05) is 58.3 Å². The minimum Gasteiger partial charge on any atom is -0.463 e. The molecule has 0 amide bonds. The van der Waals surface area contributed by atoms with Crippen LogP contribution in [0.4, 0.5) is 0 Å². The Labute approximate surface area is 153 Å². The van der Waals surface area contributed by atoms with Crippen molar-refractivity contribution >= 4 is 12.3 Å². The molecule has 154 valence electrons. The molecule has 0 radical (unpaired) electrons. The van der Waals surface area contributed by atoms with Gasteiger partial charge in [0.25, 0.3) is 0 Å². The molecule has 0 aliphatic rings. The first-order valence-electron chi connectivity index (χ1n) is 8.98. The lowest BCUT2D eigenvalue weighted by atomic mass is 10.1. The minimum absolute atomic E-state index is 0.0133. The molecular formula is C16H30O10. The lowest BCUT2D eigenvalue weighted by Crippen LogP contribution is -2.11. The first kappa shape index (κ1) is 24.9. The van der Waals surface area contributed by atoms with Gasteiger partial charge in [0, 0.05) is 6.42 Å². The van der Waals surface area contributed by atoms with Crippen molar-refractivity contribution in [2.24, 2.45) is 0 Å². The molecule has 26 heavy (non-hydrogen) atoms. The maximum atomic E-state index is 11.5. The normalized spacial score (nSPS) is 10.8. The van der Waals surface area contributed by atoms with Crippen molar-refractivity contribution in [3.05, 3.63) is 0 Å². The first-order valence-corrected chi connectivity index (χ1v) is 8.98. The summed E-state index contributed by atoms with van der Waals surface area (Å²) in [6, 6.07) is 0. The smallest absolute Gasteiger partial charge is 0.305 e. The summed E-state index contributed by atoms with van der Waals surface area (Å²) < 4.78 is 4.94. The third-order valence-corrected chi connectivity index (χ3v) is 3.26. The highest BCUT2D eigenvalue weighted by atomic mass is 17.9. The molecule has 0 heterocycles. The van der Waals surface area contributed by atoms with Crippen molar-refractivity contribution in [3.8, 4) is 0 Å². The van der Waals surface area contributed by atoms with Crippen LogP contribution in [0.1, 0.15) is 71.1 Å². The van der Waals surface area contributed by atoms with Crippen LogP contribution < -0.4 is 0 Å². The Kier molecular flexibility index (Phi) is 20.9. The lowest BCUT2D eigenvalue weighted by Gasteiger charge is -2.05. The largest absolute Gasteiger partial charge is 0.463 e. The van der Waals surface area contributed by atoms with Gasteiger partial charge in [0.1, 0.15) is 26.1 Å². The van der Waals surface area contributed by atoms with Crippen LogP contribution in [0.3, 0.4) is 0 Å². The van der Waals surface area contributed by atoms with Crippen LogP contribution in [-0.2, 0) is 49.3 Å². The Bertz CT molecular complexity index is 313. The highest BCUT2D eigenvalue weighted by Crippen LogP contribution is 2.10. The summed E-state index contributed by atoms with van der Waals surface area (Å²) >= 11 is 0. The monoisotopic (exact) mass is 382 g/mol. The second kappa shape index (κ2) is 21.9. The van der Waals surface area contributed by atoms with Crippen molar-refractivity contribution in [2.75, 3.05) is 19.8 Å². The number of rotatable bonds is 21. The summed E-state index contributed by atoms with van der Waals surface area (Å²) in [4.78, 5) is 29.8. The van der Waals surface area contributed by atoms with E-state index in [1.54, 1.807) is 0 Å². The highest BCUT2D eigenvalue weighted by Gasteiger charge is 2.03. The number of carbonyl (C=O) groups is 2. The molecule has 0 aliphatic carbocycles. The van der Waals surface area contributed by atoms with Crippen molar-refractivity contribution < 1.29 is 49.3 Å². The van der Waals surface area contributed by atoms with Gasteiger partial charge in [-0.25, -0.2) is 4.89 Å². The van der Waals surface area contributed by atoms with Crippen molar-refractivity contribution in [3.63, 3.8) is 0 Å². The van der Waals surface area contributed by atoms with Crippen LogP contribution in [0, 0.1) is 0 Å². The summed E-state index contributed by atoms with van der Waals surface area (Å²) in [5.41, 5.74) is 0. The molecule has 0 saturated carbocycles. The maximum Gasteiger partial charge on any atom is 0.305 e. The van der Waals surface area contributed by atoms with Crippen LogP contribution in [0.25, 0.3) is 0 Å². The van der Waals surface area contributed by atoms with E-state index in [1.165, 1.54) is 38.5 Å². The maximum absolute atomic E-state index is 11.5. The minimum atomic E-state index is -0.342. The molecule has 0 aliphatic heterocycles. The molecule has 0 fully saturated rings.